The lowest BCUT2D eigenvalue weighted by Crippen LogP contribution is -2.04. The Hall–Kier alpha value is -1.62. The van der Waals surface area contributed by atoms with Crippen LogP contribution in [-0.4, -0.2) is 17.0 Å². The van der Waals surface area contributed by atoms with Crippen LogP contribution in [0.25, 0.3) is 0 Å². The maximum absolute atomic E-state index is 13.8. The molecule has 1 heterocycles. The maximum Gasteiger partial charge on any atom is 0.137 e. The first kappa shape index (κ1) is 13.4. The minimum absolute atomic E-state index is 0.213. The normalized spacial score (nSPS) is 14.3. The molecule has 0 aliphatic heterocycles. The van der Waals surface area contributed by atoms with E-state index >= 15 is 0 Å². The predicted octanol–water partition coefficient (Wildman–Crippen LogP) is 3.99. The molecule has 3 rings (SSSR count). The van der Waals surface area contributed by atoms with E-state index in [0.29, 0.717) is 10.8 Å². The van der Waals surface area contributed by atoms with Gasteiger partial charge in [-0.1, -0.05) is 23.9 Å². The largest absolute Gasteiger partial charge is 0.373 e. The minimum atomic E-state index is -0.213. The number of hydrogen-bond acceptors (Lipinski definition) is 4. The van der Waals surface area contributed by atoms with E-state index in [-0.39, 0.29) is 5.82 Å². The lowest BCUT2D eigenvalue weighted by Gasteiger charge is -2.11. The molecule has 1 aromatic heterocycles. The fraction of sp³-hybridized carbons (Fsp3) is 0.333. The molecule has 20 heavy (non-hydrogen) atoms. The van der Waals surface area contributed by atoms with Crippen molar-refractivity contribution < 1.29 is 4.39 Å². The van der Waals surface area contributed by atoms with E-state index in [4.69, 9.17) is 0 Å². The topological polar surface area (TPSA) is 37.8 Å². The van der Waals surface area contributed by atoms with E-state index in [0.717, 1.165) is 35.1 Å². The van der Waals surface area contributed by atoms with Crippen molar-refractivity contribution >= 4 is 17.6 Å². The van der Waals surface area contributed by atoms with Crippen LogP contribution in [0.5, 0.6) is 0 Å². The SMILES string of the molecule is CNc1nc(C2CC2)nc(Sc2ccccc2F)c1C. The fourth-order valence-electron chi connectivity index (χ4n) is 2.01. The number of hydrogen-bond donors (Lipinski definition) is 1. The minimum Gasteiger partial charge on any atom is -0.373 e. The van der Waals surface area contributed by atoms with Gasteiger partial charge in [0.25, 0.3) is 0 Å². The third-order valence-corrected chi connectivity index (χ3v) is 4.48. The van der Waals surface area contributed by atoms with Gasteiger partial charge in [0.1, 0.15) is 22.5 Å². The second-order valence-corrected chi connectivity index (χ2v) is 5.95. The highest BCUT2D eigenvalue weighted by molar-refractivity contribution is 7.99. The van der Waals surface area contributed by atoms with Gasteiger partial charge in [-0.3, -0.25) is 0 Å². The highest BCUT2D eigenvalue weighted by Gasteiger charge is 2.28. The molecule has 5 heteroatoms. The van der Waals surface area contributed by atoms with Gasteiger partial charge in [0.2, 0.25) is 0 Å². The van der Waals surface area contributed by atoms with Crippen LogP contribution < -0.4 is 5.32 Å². The van der Waals surface area contributed by atoms with E-state index in [1.54, 1.807) is 12.1 Å². The molecule has 2 aromatic rings. The standard InChI is InChI=1S/C15H16FN3S/c1-9-13(17-2)18-14(10-7-8-10)19-15(9)20-12-6-4-3-5-11(12)16/h3-6,10H,7-8H2,1-2H3,(H,17,18,19). The highest BCUT2D eigenvalue weighted by Crippen LogP contribution is 2.41. The molecule has 0 radical (unpaired) electrons. The first-order chi connectivity index (χ1) is 9.69. The van der Waals surface area contributed by atoms with Crippen LogP contribution in [-0.2, 0) is 0 Å². The maximum atomic E-state index is 13.8. The Balaban J connectivity index is 1.99. The molecule has 0 atom stereocenters. The lowest BCUT2D eigenvalue weighted by molar-refractivity contribution is 0.602. The summed E-state index contributed by atoms with van der Waals surface area (Å²) in [7, 11) is 1.85. The van der Waals surface area contributed by atoms with Crippen molar-refractivity contribution in [2.75, 3.05) is 12.4 Å². The van der Waals surface area contributed by atoms with Crippen LogP contribution in [0.3, 0.4) is 0 Å². The van der Waals surface area contributed by atoms with Crippen molar-refractivity contribution in [2.24, 2.45) is 0 Å². The molecule has 0 unspecified atom stereocenters. The molecule has 104 valence electrons. The Kier molecular flexibility index (Phi) is 3.61. The Bertz CT molecular complexity index is 641. The molecule has 3 nitrogen and oxygen atoms in total. The molecular formula is C15H16FN3S. The Morgan fingerprint density at radius 2 is 2.00 bits per heavy atom. The molecule has 0 saturated heterocycles. The average Bonchev–Trinajstić information content (AvgIpc) is 3.28. The van der Waals surface area contributed by atoms with Crippen LogP contribution in [0, 0.1) is 12.7 Å². The van der Waals surface area contributed by atoms with Crippen molar-refractivity contribution in [3.05, 3.63) is 41.5 Å². The Morgan fingerprint density at radius 3 is 2.65 bits per heavy atom. The summed E-state index contributed by atoms with van der Waals surface area (Å²) in [6, 6.07) is 6.78. The summed E-state index contributed by atoms with van der Waals surface area (Å²) in [5.74, 6) is 1.97. The van der Waals surface area contributed by atoms with Gasteiger partial charge in [-0.15, -0.1) is 0 Å². The fourth-order valence-corrected chi connectivity index (χ4v) is 2.92. The van der Waals surface area contributed by atoms with Gasteiger partial charge in [0, 0.05) is 23.4 Å². The second kappa shape index (κ2) is 5.40. The third kappa shape index (κ3) is 2.63. The molecule has 0 bridgehead atoms. The summed E-state index contributed by atoms with van der Waals surface area (Å²) in [5.41, 5.74) is 0.963. The van der Waals surface area contributed by atoms with Gasteiger partial charge in [-0.05, 0) is 31.9 Å². The lowest BCUT2D eigenvalue weighted by atomic mass is 10.3. The van der Waals surface area contributed by atoms with Crippen molar-refractivity contribution in [3.8, 4) is 0 Å². The summed E-state index contributed by atoms with van der Waals surface area (Å²) in [6.07, 6.45) is 2.30. The predicted molar refractivity (Wildman–Crippen MR) is 78.8 cm³/mol. The number of aromatic nitrogens is 2. The summed E-state index contributed by atoms with van der Waals surface area (Å²) < 4.78 is 13.8. The average molecular weight is 289 g/mol. The number of nitrogens with zero attached hydrogens (tertiary/aromatic N) is 2. The van der Waals surface area contributed by atoms with Gasteiger partial charge in [0.05, 0.1) is 0 Å². The summed E-state index contributed by atoms with van der Waals surface area (Å²) in [4.78, 5) is 9.77. The molecule has 0 spiro atoms. The van der Waals surface area contributed by atoms with Crippen molar-refractivity contribution in [1.82, 2.24) is 9.97 Å². The van der Waals surface area contributed by atoms with Gasteiger partial charge < -0.3 is 5.32 Å². The summed E-state index contributed by atoms with van der Waals surface area (Å²) >= 11 is 1.36. The number of halogens is 1. The van der Waals surface area contributed by atoms with Crippen molar-refractivity contribution in [3.63, 3.8) is 0 Å². The van der Waals surface area contributed by atoms with Crippen LogP contribution >= 0.6 is 11.8 Å². The monoisotopic (exact) mass is 289 g/mol. The van der Waals surface area contributed by atoms with Gasteiger partial charge in [0.15, 0.2) is 0 Å². The van der Waals surface area contributed by atoms with E-state index in [1.807, 2.05) is 20.0 Å². The highest BCUT2D eigenvalue weighted by atomic mass is 32.2. The zero-order valence-corrected chi connectivity index (χ0v) is 12.3. The first-order valence-corrected chi connectivity index (χ1v) is 7.49. The second-order valence-electron chi connectivity index (χ2n) is 4.92. The smallest absolute Gasteiger partial charge is 0.137 e. The van der Waals surface area contributed by atoms with E-state index in [2.05, 4.69) is 15.3 Å². The Labute approximate surface area is 122 Å². The van der Waals surface area contributed by atoms with Crippen molar-refractivity contribution in [1.29, 1.82) is 0 Å². The molecule has 1 saturated carbocycles. The first-order valence-electron chi connectivity index (χ1n) is 6.67. The van der Waals surface area contributed by atoms with Crippen LogP contribution in [0.1, 0.15) is 30.1 Å². The van der Waals surface area contributed by atoms with Crippen molar-refractivity contribution in [2.45, 2.75) is 35.6 Å². The van der Waals surface area contributed by atoms with Crippen LogP contribution in [0.2, 0.25) is 0 Å². The van der Waals surface area contributed by atoms with Crippen LogP contribution in [0.4, 0.5) is 10.2 Å². The quantitative estimate of drug-likeness (QED) is 0.864. The van der Waals surface area contributed by atoms with Gasteiger partial charge in [-0.2, -0.15) is 0 Å². The molecule has 0 amide bonds. The zero-order chi connectivity index (χ0) is 14.1. The van der Waals surface area contributed by atoms with E-state index in [9.17, 15) is 4.39 Å². The van der Waals surface area contributed by atoms with E-state index < -0.39 is 0 Å². The zero-order valence-electron chi connectivity index (χ0n) is 11.5. The number of anilines is 1. The molecule has 1 aliphatic rings. The molecule has 1 aliphatic carbocycles. The van der Waals surface area contributed by atoms with E-state index in [1.165, 1.54) is 17.8 Å². The molecule has 1 fully saturated rings. The molecule has 1 aromatic carbocycles. The number of benzene rings is 1. The molecular weight excluding hydrogens is 273 g/mol. The number of rotatable bonds is 4. The third-order valence-electron chi connectivity index (χ3n) is 3.34. The van der Waals surface area contributed by atoms with Gasteiger partial charge >= 0.3 is 0 Å². The van der Waals surface area contributed by atoms with Gasteiger partial charge in [-0.25, -0.2) is 14.4 Å². The summed E-state index contributed by atoms with van der Waals surface area (Å²) in [5, 5.41) is 3.93. The Morgan fingerprint density at radius 1 is 1.25 bits per heavy atom. The summed E-state index contributed by atoms with van der Waals surface area (Å²) in [6.45, 7) is 1.96. The molecule has 1 N–H and O–H groups in total. The van der Waals surface area contributed by atoms with Crippen LogP contribution in [0.15, 0.2) is 34.2 Å². The number of nitrogens with one attached hydrogen (secondary N) is 1.